The molecule has 4 heteroatoms. The van der Waals surface area contributed by atoms with Crippen LogP contribution in [0.4, 0.5) is 5.69 Å². The van der Waals surface area contributed by atoms with E-state index < -0.39 is 0 Å². The average Bonchev–Trinajstić information content (AvgIpc) is 3.27. The maximum atomic E-state index is 11.8. The number of aromatic nitrogens is 1. The smallest absolute Gasteiger partial charge is 0.222 e. The molecule has 1 amide bonds. The summed E-state index contributed by atoms with van der Waals surface area (Å²) < 4.78 is 2.10. The van der Waals surface area contributed by atoms with E-state index in [2.05, 4.69) is 59.2 Å². The first-order chi connectivity index (χ1) is 11.7. The Kier molecular flexibility index (Phi) is 4.05. The minimum atomic E-state index is 0.336. The van der Waals surface area contributed by atoms with Crippen molar-refractivity contribution >= 4 is 11.6 Å². The van der Waals surface area contributed by atoms with Gasteiger partial charge in [-0.05, 0) is 36.1 Å². The van der Waals surface area contributed by atoms with Crippen LogP contribution >= 0.6 is 0 Å². The second kappa shape index (κ2) is 6.34. The molecule has 24 heavy (non-hydrogen) atoms. The van der Waals surface area contributed by atoms with Gasteiger partial charge in [-0.1, -0.05) is 18.2 Å². The molecule has 1 saturated heterocycles. The number of hydrogen-bond donors (Lipinski definition) is 0. The number of aryl methyl sites for hydroxylation is 1. The van der Waals surface area contributed by atoms with Crippen molar-refractivity contribution in [2.45, 2.75) is 31.7 Å². The van der Waals surface area contributed by atoms with Crippen molar-refractivity contribution in [2.75, 3.05) is 24.5 Å². The number of benzene rings is 1. The fourth-order valence-electron chi connectivity index (χ4n) is 4.11. The molecule has 2 aromatic rings. The van der Waals surface area contributed by atoms with Crippen molar-refractivity contribution in [2.24, 2.45) is 7.05 Å². The van der Waals surface area contributed by atoms with Crippen LogP contribution in [-0.4, -0.2) is 35.0 Å². The van der Waals surface area contributed by atoms with Gasteiger partial charge in [0.2, 0.25) is 5.91 Å². The molecule has 0 radical (unpaired) electrons. The molecule has 0 unspecified atom stereocenters. The summed E-state index contributed by atoms with van der Waals surface area (Å²) in [5.41, 5.74) is 4.15. The Labute approximate surface area is 143 Å². The third kappa shape index (κ3) is 2.93. The summed E-state index contributed by atoms with van der Waals surface area (Å²) in [6.45, 7) is 3.85. The lowest BCUT2D eigenvalue weighted by Crippen LogP contribution is -2.28. The molecule has 2 aliphatic heterocycles. The van der Waals surface area contributed by atoms with Gasteiger partial charge < -0.3 is 14.4 Å². The van der Waals surface area contributed by atoms with Gasteiger partial charge in [-0.2, -0.15) is 0 Å². The van der Waals surface area contributed by atoms with Gasteiger partial charge in [0, 0.05) is 63.6 Å². The van der Waals surface area contributed by atoms with E-state index in [4.69, 9.17) is 0 Å². The first-order valence-corrected chi connectivity index (χ1v) is 8.93. The molecule has 3 heterocycles. The van der Waals surface area contributed by atoms with Crippen molar-refractivity contribution in [1.82, 2.24) is 9.47 Å². The number of para-hydroxylation sites is 1. The molecule has 0 bridgehead atoms. The summed E-state index contributed by atoms with van der Waals surface area (Å²) in [7, 11) is 2.07. The van der Waals surface area contributed by atoms with Crippen LogP contribution in [0.5, 0.6) is 0 Å². The number of carbonyl (C=O) groups is 1. The fraction of sp³-hybridized carbons (Fsp3) is 0.450. The predicted octanol–water partition coefficient (Wildman–Crippen LogP) is 3.14. The zero-order chi connectivity index (χ0) is 16.5. The number of rotatable bonds is 5. The fourth-order valence-corrected chi connectivity index (χ4v) is 4.11. The first-order valence-electron chi connectivity index (χ1n) is 8.93. The third-order valence-electron chi connectivity index (χ3n) is 5.34. The number of likely N-dealkylation sites (tertiary alicyclic amines) is 1. The number of hydrogen-bond acceptors (Lipinski definition) is 2. The highest BCUT2D eigenvalue weighted by Crippen LogP contribution is 2.39. The van der Waals surface area contributed by atoms with E-state index >= 15 is 0 Å². The van der Waals surface area contributed by atoms with E-state index in [0.29, 0.717) is 11.8 Å². The van der Waals surface area contributed by atoms with Gasteiger partial charge in [-0.25, -0.2) is 0 Å². The molecule has 0 aliphatic carbocycles. The van der Waals surface area contributed by atoms with E-state index in [-0.39, 0.29) is 0 Å². The summed E-state index contributed by atoms with van der Waals surface area (Å²) in [5, 5.41) is 0. The van der Waals surface area contributed by atoms with Gasteiger partial charge in [0.1, 0.15) is 0 Å². The third-order valence-corrected chi connectivity index (χ3v) is 5.34. The quantitative estimate of drug-likeness (QED) is 0.846. The Hall–Kier alpha value is -2.23. The van der Waals surface area contributed by atoms with Gasteiger partial charge in [0.25, 0.3) is 0 Å². The summed E-state index contributed by atoms with van der Waals surface area (Å²) in [6.07, 6.45) is 7.13. The second-order valence-corrected chi connectivity index (χ2v) is 7.09. The topological polar surface area (TPSA) is 28.5 Å². The Morgan fingerprint density at radius 3 is 2.79 bits per heavy atom. The molecule has 0 saturated carbocycles. The molecular formula is C20H25N3O. The van der Waals surface area contributed by atoms with Crippen LogP contribution in [0.1, 0.15) is 36.3 Å². The largest absolute Gasteiger partial charge is 0.366 e. The molecule has 1 aromatic carbocycles. The minimum Gasteiger partial charge on any atom is -0.366 e. The van der Waals surface area contributed by atoms with Crippen molar-refractivity contribution in [3.63, 3.8) is 0 Å². The van der Waals surface area contributed by atoms with Crippen LogP contribution in [0.25, 0.3) is 0 Å². The monoisotopic (exact) mass is 323 g/mol. The van der Waals surface area contributed by atoms with Crippen LogP contribution in [-0.2, 0) is 18.4 Å². The molecule has 4 nitrogen and oxygen atoms in total. The standard InChI is InChI=1S/C20H25N3O/c1-21-11-8-16(13-21)14-23-15-17(18-5-2-3-6-19(18)23)9-12-22-10-4-7-20(22)24/h2-3,5-6,8,11,13,17H,4,7,9-10,12,14-15H2,1H3/t17-/m0/s1. The van der Waals surface area contributed by atoms with E-state index in [1.807, 2.05) is 4.90 Å². The van der Waals surface area contributed by atoms with Gasteiger partial charge in [-0.15, -0.1) is 0 Å². The molecular weight excluding hydrogens is 298 g/mol. The van der Waals surface area contributed by atoms with E-state index in [1.54, 1.807) is 0 Å². The van der Waals surface area contributed by atoms with Crippen LogP contribution in [0.2, 0.25) is 0 Å². The highest BCUT2D eigenvalue weighted by atomic mass is 16.2. The van der Waals surface area contributed by atoms with Crippen LogP contribution in [0.3, 0.4) is 0 Å². The molecule has 126 valence electrons. The number of nitrogens with zero attached hydrogens (tertiary/aromatic N) is 3. The van der Waals surface area contributed by atoms with Crippen LogP contribution < -0.4 is 4.90 Å². The summed E-state index contributed by atoms with van der Waals surface area (Å²) >= 11 is 0. The van der Waals surface area contributed by atoms with Crippen molar-refractivity contribution in [3.8, 4) is 0 Å². The lowest BCUT2D eigenvalue weighted by Gasteiger charge is -2.21. The Morgan fingerprint density at radius 2 is 2.04 bits per heavy atom. The maximum Gasteiger partial charge on any atom is 0.222 e. The van der Waals surface area contributed by atoms with E-state index in [9.17, 15) is 4.79 Å². The zero-order valence-corrected chi connectivity index (χ0v) is 14.3. The second-order valence-electron chi connectivity index (χ2n) is 7.09. The van der Waals surface area contributed by atoms with Crippen LogP contribution in [0.15, 0.2) is 42.7 Å². The molecule has 1 atom stereocenters. The zero-order valence-electron chi connectivity index (χ0n) is 14.3. The number of anilines is 1. The SMILES string of the molecule is Cn1ccc(CN2C[C@H](CCN3CCCC3=O)c3ccccc32)c1. The Bertz CT molecular complexity index is 736. The van der Waals surface area contributed by atoms with Gasteiger partial charge in [-0.3, -0.25) is 4.79 Å². The lowest BCUT2D eigenvalue weighted by molar-refractivity contribution is -0.127. The Morgan fingerprint density at radius 1 is 1.17 bits per heavy atom. The van der Waals surface area contributed by atoms with Crippen molar-refractivity contribution < 1.29 is 4.79 Å². The molecule has 0 N–H and O–H groups in total. The minimum absolute atomic E-state index is 0.336. The summed E-state index contributed by atoms with van der Waals surface area (Å²) in [4.78, 5) is 16.4. The van der Waals surface area contributed by atoms with Crippen molar-refractivity contribution in [3.05, 3.63) is 53.9 Å². The highest BCUT2D eigenvalue weighted by molar-refractivity contribution is 5.78. The predicted molar refractivity (Wildman–Crippen MR) is 96.1 cm³/mol. The number of fused-ring (bicyclic) bond motifs is 1. The maximum absolute atomic E-state index is 11.8. The molecule has 1 fully saturated rings. The van der Waals surface area contributed by atoms with E-state index in [1.165, 1.54) is 16.8 Å². The molecule has 2 aliphatic rings. The number of carbonyl (C=O) groups excluding carboxylic acids is 1. The van der Waals surface area contributed by atoms with Gasteiger partial charge >= 0.3 is 0 Å². The van der Waals surface area contributed by atoms with E-state index in [0.717, 1.165) is 45.4 Å². The lowest BCUT2D eigenvalue weighted by atomic mass is 9.98. The average molecular weight is 323 g/mol. The van der Waals surface area contributed by atoms with Crippen LogP contribution in [0, 0.1) is 0 Å². The normalized spacial score (nSPS) is 20.0. The first kappa shape index (κ1) is 15.3. The van der Waals surface area contributed by atoms with Crippen molar-refractivity contribution in [1.29, 1.82) is 0 Å². The Balaban J connectivity index is 1.47. The number of amides is 1. The van der Waals surface area contributed by atoms with Gasteiger partial charge in [0.15, 0.2) is 0 Å². The highest BCUT2D eigenvalue weighted by Gasteiger charge is 2.29. The van der Waals surface area contributed by atoms with Gasteiger partial charge in [0.05, 0.1) is 0 Å². The molecule has 1 aromatic heterocycles. The molecule has 0 spiro atoms. The summed E-state index contributed by atoms with van der Waals surface area (Å²) in [5.74, 6) is 0.862. The summed E-state index contributed by atoms with van der Waals surface area (Å²) in [6, 6.07) is 11.0. The molecule has 4 rings (SSSR count).